The van der Waals surface area contributed by atoms with Crippen LogP contribution in [0.25, 0.3) is 6.08 Å². The van der Waals surface area contributed by atoms with Gasteiger partial charge in [0.25, 0.3) is 11.1 Å². The zero-order chi connectivity index (χ0) is 31.0. The lowest BCUT2D eigenvalue weighted by Gasteiger charge is -2.26. The van der Waals surface area contributed by atoms with Crippen molar-refractivity contribution in [3.8, 4) is 11.5 Å². The van der Waals surface area contributed by atoms with Gasteiger partial charge >= 0.3 is 5.97 Å². The molecule has 0 unspecified atom stereocenters. The van der Waals surface area contributed by atoms with Crippen molar-refractivity contribution >= 4 is 67.0 Å². The molecule has 4 aromatic rings. The Morgan fingerprint density at radius 3 is 2.53 bits per heavy atom. The first-order valence-electron chi connectivity index (χ1n) is 12.7. The summed E-state index contributed by atoms with van der Waals surface area (Å²) in [7, 11) is 3.03. The molecular formula is C28H24Br2N4O7S2. The highest BCUT2D eigenvalue weighted by Crippen LogP contribution is 2.41. The Bertz CT molecular complexity index is 2030. The molecule has 1 aliphatic rings. The predicted octanol–water partition coefficient (Wildman–Crippen LogP) is 4.48. The molecule has 0 aliphatic carbocycles. The summed E-state index contributed by atoms with van der Waals surface area (Å²) in [5.41, 5.74) is 1.17. The lowest BCUT2D eigenvalue weighted by Crippen LogP contribution is -2.40. The lowest BCUT2D eigenvalue weighted by atomic mass is 9.95. The second kappa shape index (κ2) is 12.7. The zero-order valence-corrected chi connectivity index (χ0v) is 28.2. The summed E-state index contributed by atoms with van der Waals surface area (Å²) in [6.07, 6.45) is 1.61. The number of thiazole rings is 1. The maximum Gasteiger partial charge on any atom is 0.338 e. The second-order valence-corrected chi connectivity index (χ2v) is 12.8. The van der Waals surface area contributed by atoms with E-state index in [2.05, 4.69) is 46.8 Å². The van der Waals surface area contributed by atoms with E-state index in [4.69, 9.17) is 18.6 Å². The minimum atomic E-state index is -0.870. The van der Waals surface area contributed by atoms with Crippen LogP contribution in [0.3, 0.4) is 0 Å². The Kier molecular flexibility index (Phi) is 9.15. The molecule has 15 heteroatoms. The van der Waals surface area contributed by atoms with Crippen molar-refractivity contribution in [2.75, 3.05) is 20.8 Å². The summed E-state index contributed by atoms with van der Waals surface area (Å²) >= 11 is 9.37. The molecule has 0 fully saturated rings. The molecular weight excluding hydrogens is 728 g/mol. The molecule has 3 aromatic heterocycles. The minimum Gasteiger partial charge on any atom is -0.493 e. The normalized spacial score (nSPS) is 14.9. The number of nitrogens with one attached hydrogen (secondary N) is 1. The molecule has 0 amide bonds. The van der Waals surface area contributed by atoms with Crippen molar-refractivity contribution in [3.05, 3.63) is 91.5 Å². The van der Waals surface area contributed by atoms with Gasteiger partial charge in [-0.05, 0) is 72.2 Å². The molecule has 5 rings (SSSR count). The molecule has 43 heavy (non-hydrogen) atoms. The highest BCUT2D eigenvalue weighted by Gasteiger charge is 2.35. The van der Waals surface area contributed by atoms with E-state index in [1.165, 1.54) is 24.9 Å². The van der Waals surface area contributed by atoms with Crippen LogP contribution < -0.4 is 29.9 Å². The number of H-pyrrole nitrogens is 1. The van der Waals surface area contributed by atoms with Crippen molar-refractivity contribution in [3.63, 3.8) is 0 Å². The van der Waals surface area contributed by atoms with E-state index in [-0.39, 0.29) is 23.3 Å². The van der Waals surface area contributed by atoms with Crippen molar-refractivity contribution in [2.24, 2.45) is 4.99 Å². The Labute approximate surface area is 269 Å². The quantitative estimate of drug-likeness (QED) is 0.204. The summed E-state index contributed by atoms with van der Waals surface area (Å²) < 4.78 is 25.4. The largest absolute Gasteiger partial charge is 0.493 e. The molecule has 0 saturated heterocycles. The predicted molar refractivity (Wildman–Crippen MR) is 168 cm³/mol. The van der Waals surface area contributed by atoms with Gasteiger partial charge in [0.05, 0.1) is 47.1 Å². The molecule has 11 nitrogen and oxygen atoms in total. The fraction of sp³-hybridized carbons (Fsp3) is 0.250. The maximum absolute atomic E-state index is 14.0. The molecule has 1 aromatic carbocycles. The molecule has 1 N–H and O–H groups in total. The molecule has 224 valence electrons. The summed E-state index contributed by atoms with van der Waals surface area (Å²) in [5, 5.41) is 0.814. The number of aromatic nitrogens is 3. The fourth-order valence-electron chi connectivity index (χ4n) is 4.49. The van der Waals surface area contributed by atoms with Gasteiger partial charge in [0, 0.05) is 22.3 Å². The minimum absolute atomic E-state index is 0.152. The maximum atomic E-state index is 14.0. The third-order valence-electron chi connectivity index (χ3n) is 6.30. The lowest BCUT2D eigenvalue weighted by molar-refractivity contribution is -0.139. The number of ether oxygens (including phenoxy) is 3. The van der Waals surface area contributed by atoms with Crippen LogP contribution in [0.15, 0.2) is 73.7 Å². The van der Waals surface area contributed by atoms with E-state index in [0.29, 0.717) is 62.7 Å². The van der Waals surface area contributed by atoms with Crippen LogP contribution in [0.1, 0.15) is 36.9 Å². The van der Waals surface area contributed by atoms with Gasteiger partial charge in [-0.1, -0.05) is 27.3 Å². The summed E-state index contributed by atoms with van der Waals surface area (Å²) in [6.45, 7) is 5.30. The van der Waals surface area contributed by atoms with Gasteiger partial charge in [-0.25, -0.2) is 14.8 Å². The van der Waals surface area contributed by atoms with Gasteiger partial charge in [0.15, 0.2) is 26.5 Å². The van der Waals surface area contributed by atoms with Crippen LogP contribution in [-0.2, 0) is 9.53 Å². The van der Waals surface area contributed by atoms with E-state index in [9.17, 15) is 14.4 Å². The first-order chi connectivity index (χ1) is 20.5. The number of benzene rings is 1. The standard InChI is InChI=1S/C28H24Br2N4O7S2/c1-6-40-25(37)22-13(3)32-28-34(23(22)15-10-18(38-4)19(39-5)11-16(15)29)24(36)20(42-28)9-14-8-17(30)26(41-14)43-27-31-12(2)7-21(35)33-27/h7-11,23H,6H2,1-5H3,(H,31,33,35)/b20-9+/t23-/m0/s1. The third kappa shape index (κ3) is 6.16. The average molecular weight is 752 g/mol. The number of furan rings is 1. The molecule has 0 saturated carbocycles. The molecule has 4 heterocycles. The van der Waals surface area contributed by atoms with Gasteiger partial charge < -0.3 is 23.6 Å². The van der Waals surface area contributed by atoms with E-state index in [0.717, 1.165) is 23.1 Å². The molecule has 0 radical (unpaired) electrons. The smallest absolute Gasteiger partial charge is 0.338 e. The van der Waals surface area contributed by atoms with Gasteiger partial charge in [0.1, 0.15) is 5.76 Å². The number of carbonyl (C=O) groups is 1. The number of hydrogen-bond donors (Lipinski definition) is 1. The number of nitrogens with zero attached hydrogens (tertiary/aromatic N) is 3. The van der Waals surface area contributed by atoms with Gasteiger partial charge in [0.2, 0.25) is 0 Å². The van der Waals surface area contributed by atoms with Crippen LogP contribution >= 0.6 is 55.0 Å². The number of halogens is 2. The summed E-state index contributed by atoms with van der Waals surface area (Å²) in [6, 6.07) is 5.68. The van der Waals surface area contributed by atoms with Crippen LogP contribution in [0.5, 0.6) is 11.5 Å². The van der Waals surface area contributed by atoms with Crippen LogP contribution in [0, 0.1) is 6.92 Å². The summed E-state index contributed by atoms with van der Waals surface area (Å²) in [4.78, 5) is 51.1. The molecule has 1 aliphatic heterocycles. The monoisotopic (exact) mass is 750 g/mol. The van der Waals surface area contributed by atoms with E-state index < -0.39 is 12.0 Å². The number of fused-ring (bicyclic) bond motifs is 1. The van der Waals surface area contributed by atoms with Crippen LogP contribution in [-0.4, -0.2) is 41.3 Å². The van der Waals surface area contributed by atoms with Crippen LogP contribution in [0.2, 0.25) is 0 Å². The Hall–Kier alpha value is -3.40. The molecule has 0 bridgehead atoms. The van der Waals surface area contributed by atoms with E-state index in [1.807, 2.05) is 0 Å². The van der Waals surface area contributed by atoms with Crippen molar-refractivity contribution in [1.82, 2.24) is 14.5 Å². The van der Waals surface area contributed by atoms with Gasteiger partial charge in [-0.15, -0.1) is 0 Å². The number of hydrogen-bond acceptors (Lipinski definition) is 11. The SMILES string of the molecule is CCOC(=O)C1=C(C)N=c2s/c(=C/c3cc(Br)c(Sc4nc(C)cc(=O)[nH]4)o3)c(=O)n2[C@H]1c1cc(OC)c(OC)cc1Br. The van der Waals surface area contributed by atoms with E-state index in [1.54, 1.807) is 45.0 Å². The Balaban J connectivity index is 1.65. The number of esters is 1. The topological polar surface area (TPSA) is 138 Å². The number of rotatable bonds is 8. The van der Waals surface area contributed by atoms with E-state index >= 15 is 0 Å². The fourth-order valence-corrected chi connectivity index (χ4v) is 7.42. The highest BCUT2D eigenvalue weighted by atomic mass is 79.9. The Morgan fingerprint density at radius 2 is 1.86 bits per heavy atom. The van der Waals surface area contributed by atoms with Gasteiger partial charge in [-0.2, -0.15) is 0 Å². The number of aromatic amines is 1. The van der Waals surface area contributed by atoms with Crippen molar-refractivity contribution < 1.29 is 23.4 Å². The molecule has 1 atom stereocenters. The van der Waals surface area contributed by atoms with Crippen LogP contribution in [0.4, 0.5) is 0 Å². The van der Waals surface area contributed by atoms with Crippen molar-refractivity contribution in [2.45, 2.75) is 37.1 Å². The van der Waals surface area contributed by atoms with Crippen molar-refractivity contribution in [1.29, 1.82) is 0 Å². The zero-order valence-electron chi connectivity index (χ0n) is 23.4. The number of carbonyl (C=O) groups excluding carboxylic acids is 1. The third-order valence-corrected chi connectivity index (χ3v) is 9.70. The summed E-state index contributed by atoms with van der Waals surface area (Å²) in [5.74, 6) is 0.713. The number of aryl methyl sites for hydroxylation is 1. The highest BCUT2D eigenvalue weighted by molar-refractivity contribution is 9.10. The first kappa shape index (κ1) is 31.0. The molecule has 0 spiro atoms. The van der Waals surface area contributed by atoms with Gasteiger partial charge in [-0.3, -0.25) is 14.2 Å². The average Bonchev–Trinajstić information content (AvgIpc) is 3.44. The Morgan fingerprint density at radius 1 is 1.14 bits per heavy atom. The number of methoxy groups -OCH3 is 2. The number of allylic oxidation sites excluding steroid dienone is 1. The second-order valence-electron chi connectivity index (χ2n) is 9.11. The first-order valence-corrected chi connectivity index (χ1v) is 15.9.